The first-order valence-corrected chi connectivity index (χ1v) is 4.87. The number of carboxylic acids is 1. The van der Waals surface area contributed by atoms with Crippen molar-refractivity contribution in [2.75, 3.05) is 13.7 Å². The molecule has 1 aromatic rings. The fourth-order valence-corrected chi connectivity index (χ4v) is 1.25. The van der Waals surface area contributed by atoms with Gasteiger partial charge in [0.15, 0.2) is 5.69 Å². The molecular weight excluding hydrogens is 228 g/mol. The van der Waals surface area contributed by atoms with E-state index < -0.39 is 17.4 Å². The maximum absolute atomic E-state index is 11.7. The van der Waals surface area contributed by atoms with Gasteiger partial charge in [0.2, 0.25) is 5.76 Å². The summed E-state index contributed by atoms with van der Waals surface area (Å²) in [6, 6.07) is 1.07. The molecule has 94 valence electrons. The average molecular weight is 242 g/mol. The van der Waals surface area contributed by atoms with Crippen LogP contribution in [-0.2, 0) is 4.74 Å². The number of hydrogen-bond donors (Lipinski definition) is 2. The van der Waals surface area contributed by atoms with Crippen molar-refractivity contribution in [3.63, 3.8) is 0 Å². The molecule has 0 aromatic carbocycles. The highest BCUT2D eigenvalue weighted by Gasteiger charge is 2.24. The zero-order valence-electron chi connectivity index (χ0n) is 9.81. The lowest BCUT2D eigenvalue weighted by molar-refractivity contribution is 0.0650. The fraction of sp³-hybridized carbons (Fsp3) is 0.500. The van der Waals surface area contributed by atoms with Crippen molar-refractivity contribution in [3.8, 4) is 0 Å². The molecule has 0 saturated carbocycles. The van der Waals surface area contributed by atoms with Crippen molar-refractivity contribution in [2.24, 2.45) is 0 Å². The topological polar surface area (TPSA) is 102 Å². The van der Waals surface area contributed by atoms with Crippen LogP contribution in [0.1, 0.15) is 34.9 Å². The van der Waals surface area contributed by atoms with Crippen molar-refractivity contribution in [1.82, 2.24) is 10.5 Å². The summed E-state index contributed by atoms with van der Waals surface area (Å²) in [7, 11) is 1.52. The number of carbonyl (C=O) groups excluding carboxylic acids is 1. The van der Waals surface area contributed by atoms with Gasteiger partial charge < -0.3 is 19.7 Å². The van der Waals surface area contributed by atoms with Crippen LogP contribution in [0.25, 0.3) is 0 Å². The summed E-state index contributed by atoms with van der Waals surface area (Å²) in [6.07, 6.45) is 0. The number of aromatic nitrogens is 1. The zero-order chi connectivity index (χ0) is 13.1. The number of rotatable bonds is 5. The highest BCUT2D eigenvalue weighted by Crippen LogP contribution is 2.07. The predicted octanol–water partition coefficient (Wildman–Crippen LogP) is 0.528. The maximum Gasteiger partial charge on any atom is 0.374 e. The van der Waals surface area contributed by atoms with Crippen LogP contribution in [-0.4, -0.2) is 41.4 Å². The van der Waals surface area contributed by atoms with Crippen LogP contribution in [0, 0.1) is 0 Å². The number of ether oxygens (including phenoxy) is 1. The smallest absolute Gasteiger partial charge is 0.374 e. The molecule has 1 heterocycles. The molecule has 0 atom stereocenters. The Morgan fingerprint density at radius 1 is 1.59 bits per heavy atom. The summed E-state index contributed by atoms with van der Waals surface area (Å²) in [4.78, 5) is 22.2. The van der Waals surface area contributed by atoms with Crippen molar-refractivity contribution >= 4 is 11.9 Å². The molecule has 0 unspecified atom stereocenters. The number of hydrogen-bond acceptors (Lipinski definition) is 5. The van der Waals surface area contributed by atoms with E-state index in [1.54, 1.807) is 13.8 Å². The molecule has 0 radical (unpaired) electrons. The highest BCUT2D eigenvalue weighted by molar-refractivity contribution is 5.95. The lowest BCUT2D eigenvalue weighted by atomic mass is 10.1. The fourth-order valence-electron chi connectivity index (χ4n) is 1.25. The summed E-state index contributed by atoms with van der Waals surface area (Å²) < 4.78 is 9.41. The number of carbonyl (C=O) groups is 2. The lowest BCUT2D eigenvalue weighted by Gasteiger charge is -2.24. The zero-order valence-corrected chi connectivity index (χ0v) is 9.81. The van der Waals surface area contributed by atoms with E-state index in [1.807, 2.05) is 0 Å². The summed E-state index contributed by atoms with van der Waals surface area (Å²) in [5, 5.41) is 14.6. The molecule has 7 nitrogen and oxygen atoms in total. The molecule has 0 bridgehead atoms. The number of nitrogens with one attached hydrogen (secondary N) is 1. The molecule has 0 fully saturated rings. The van der Waals surface area contributed by atoms with Gasteiger partial charge in [0.25, 0.3) is 5.91 Å². The number of amides is 1. The third-order valence-electron chi connectivity index (χ3n) is 1.91. The molecular formula is C10H14N2O5. The molecule has 1 aromatic heterocycles. The number of aromatic carboxylic acids is 1. The number of methoxy groups -OCH3 is 1. The second-order valence-corrected chi connectivity index (χ2v) is 4.15. The van der Waals surface area contributed by atoms with Crippen LogP contribution in [0.2, 0.25) is 0 Å². The van der Waals surface area contributed by atoms with Gasteiger partial charge in [-0.2, -0.15) is 0 Å². The van der Waals surface area contributed by atoms with E-state index in [-0.39, 0.29) is 11.5 Å². The van der Waals surface area contributed by atoms with E-state index in [1.165, 1.54) is 7.11 Å². The molecule has 0 spiro atoms. The molecule has 7 heteroatoms. The minimum absolute atomic E-state index is 0.0772. The van der Waals surface area contributed by atoms with Gasteiger partial charge in [-0.1, -0.05) is 5.16 Å². The number of nitrogens with zero attached hydrogens (tertiary/aromatic N) is 1. The monoisotopic (exact) mass is 242 g/mol. The molecule has 1 amide bonds. The first kappa shape index (κ1) is 13.2. The Morgan fingerprint density at radius 3 is 2.71 bits per heavy atom. The molecule has 2 N–H and O–H groups in total. The summed E-state index contributed by atoms with van der Waals surface area (Å²) in [5.41, 5.74) is -0.652. The van der Waals surface area contributed by atoms with Crippen LogP contribution in [0.15, 0.2) is 10.6 Å². The van der Waals surface area contributed by atoms with Crippen LogP contribution >= 0.6 is 0 Å². The van der Waals surface area contributed by atoms with Gasteiger partial charge in [0.1, 0.15) is 0 Å². The molecule has 17 heavy (non-hydrogen) atoms. The first-order valence-electron chi connectivity index (χ1n) is 4.87. The molecule has 0 aliphatic rings. The van der Waals surface area contributed by atoms with Crippen LogP contribution in [0.4, 0.5) is 0 Å². The quantitative estimate of drug-likeness (QED) is 0.780. The van der Waals surface area contributed by atoms with Crippen molar-refractivity contribution in [3.05, 3.63) is 17.5 Å². The summed E-state index contributed by atoms with van der Waals surface area (Å²) in [6.45, 7) is 3.86. The van der Waals surface area contributed by atoms with E-state index in [4.69, 9.17) is 9.84 Å². The van der Waals surface area contributed by atoms with Gasteiger partial charge in [0, 0.05) is 13.2 Å². The minimum atomic E-state index is -1.27. The van der Waals surface area contributed by atoms with Crippen molar-refractivity contribution < 1.29 is 24.0 Å². The van der Waals surface area contributed by atoms with Crippen LogP contribution in [0.3, 0.4) is 0 Å². The maximum atomic E-state index is 11.7. The Bertz CT molecular complexity index is 424. The SMILES string of the molecule is COCC(C)(C)NC(=O)c1cc(C(=O)O)on1. The summed E-state index contributed by atoms with van der Waals surface area (Å²) >= 11 is 0. The Hall–Kier alpha value is -1.89. The van der Waals surface area contributed by atoms with E-state index in [0.29, 0.717) is 6.61 Å². The highest BCUT2D eigenvalue weighted by atomic mass is 16.5. The van der Waals surface area contributed by atoms with Crippen LogP contribution in [0.5, 0.6) is 0 Å². The minimum Gasteiger partial charge on any atom is -0.475 e. The van der Waals surface area contributed by atoms with E-state index in [2.05, 4.69) is 15.0 Å². The molecule has 0 saturated heterocycles. The largest absolute Gasteiger partial charge is 0.475 e. The predicted molar refractivity (Wildman–Crippen MR) is 56.9 cm³/mol. The second kappa shape index (κ2) is 4.96. The van der Waals surface area contributed by atoms with Crippen LogP contribution < -0.4 is 5.32 Å². The Morgan fingerprint density at radius 2 is 2.24 bits per heavy atom. The van der Waals surface area contributed by atoms with Gasteiger partial charge in [-0.3, -0.25) is 4.79 Å². The second-order valence-electron chi connectivity index (χ2n) is 4.15. The Kier molecular flexibility index (Phi) is 3.84. The average Bonchev–Trinajstić information content (AvgIpc) is 2.64. The van der Waals surface area contributed by atoms with Gasteiger partial charge >= 0.3 is 5.97 Å². The standard InChI is InChI=1S/C10H14N2O5/c1-10(2,5-16-3)11-8(13)6-4-7(9(14)15)17-12-6/h4H,5H2,1-3H3,(H,11,13)(H,14,15). The summed E-state index contributed by atoms with van der Waals surface area (Å²) in [5.74, 6) is -2.16. The molecule has 1 rings (SSSR count). The molecule has 0 aliphatic heterocycles. The van der Waals surface area contributed by atoms with Gasteiger partial charge in [0.05, 0.1) is 12.1 Å². The Balaban J connectivity index is 2.73. The first-order chi connectivity index (χ1) is 7.85. The normalized spacial score (nSPS) is 11.2. The van der Waals surface area contributed by atoms with E-state index >= 15 is 0 Å². The third kappa shape index (κ3) is 3.56. The van der Waals surface area contributed by atoms with Gasteiger partial charge in [-0.15, -0.1) is 0 Å². The lowest BCUT2D eigenvalue weighted by Crippen LogP contribution is -2.46. The van der Waals surface area contributed by atoms with E-state index in [9.17, 15) is 9.59 Å². The number of carboxylic acid groups (broad SMARTS) is 1. The van der Waals surface area contributed by atoms with E-state index in [0.717, 1.165) is 6.07 Å². The Labute approximate surface area is 97.7 Å². The third-order valence-corrected chi connectivity index (χ3v) is 1.91. The van der Waals surface area contributed by atoms with Crippen molar-refractivity contribution in [1.29, 1.82) is 0 Å². The van der Waals surface area contributed by atoms with Gasteiger partial charge in [-0.25, -0.2) is 4.79 Å². The van der Waals surface area contributed by atoms with Gasteiger partial charge in [-0.05, 0) is 13.8 Å². The van der Waals surface area contributed by atoms with Crippen molar-refractivity contribution in [2.45, 2.75) is 19.4 Å². The molecule has 0 aliphatic carbocycles.